The van der Waals surface area contributed by atoms with Crippen LogP contribution in [0.15, 0.2) is 24.3 Å². The van der Waals surface area contributed by atoms with Crippen molar-refractivity contribution >= 4 is 5.82 Å². The van der Waals surface area contributed by atoms with Crippen molar-refractivity contribution in [3.8, 4) is 6.07 Å². The zero-order valence-electron chi connectivity index (χ0n) is 12.0. The van der Waals surface area contributed by atoms with E-state index in [4.69, 9.17) is 10.00 Å². The number of rotatable bonds is 5. The molecule has 0 aliphatic carbocycles. The molecule has 1 aromatic carbocycles. The number of nitriles is 1. The topological polar surface area (TPSA) is 62.9 Å². The number of ether oxygens (including phenoxy) is 1. The Bertz CT molecular complexity index is 640. The lowest BCUT2D eigenvalue weighted by Crippen LogP contribution is -2.06. The highest BCUT2D eigenvalue weighted by molar-refractivity contribution is 5.55. The Labute approximate surface area is 118 Å². The van der Waals surface area contributed by atoms with E-state index in [9.17, 15) is 0 Å². The molecule has 2 aromatic rings. The van der Waals surface area contributed by atoms with Gasteiger partial charge in [0.1, 0.15) is 17.5 Å². The number of benzene rings is 1. The number of nitrogens with zero attached hydrogens (tertiary/aromatic N) is 3. The van der Waals surface area contributed by atoms with E-state index in [2.05, 4.69) is 22.6 Å². The maximum atomic E-state index is 9.16. The van der Waals surface area contributed by atoms with Gasteiger partial charge < -0.3 is 10.1 Å². The quantitative estimate of drug-likeness (QED) is 0.906. The lowest BCUT2D eigenvalue weighted by atomic mass is 10.1. The van der Waals surface area contributed by atoms with Crippen LogP contribution in [0.2, 0.25) is 0 Å². The zero-order valence-corrected chi connectivity index (χ0v) is 12.0. The van der Waals surface area contributed by atoms with Crippen LogP contribution in [0.4, 0.5) is 5.82 Å². The Morgan fingerprint density at radius 3 is 2.85 bits per heavy atom. The predicted molar refractivity (Wildman–Crippen MR) is 77.1 cm³/mol. The molecule has 5 heteroatoms. The van der Waals surface area contributed by atoms with E-state index in [1.807, 2.05) is 32.2 Å². The van der Waals surface area contributed by atoms with Crippen LogP contribution in [0.5, 0.6) is 0 Å². The number of aromatic nitrogens is 2. The number of hydrogen-bond donors (Lipinski definition) is 1. The number of methoxy groups -OCH3 is 1. The number of nitrogens with one attached hydrogen (secondary N) is 1. The van der Waals surface area contributed by atoms with Crippen LogP contribution < -0.4 is 5.32 Å². The van der Waals surface area contributed by atoms with Crippen LogP contribution in [0.25, 0.3) is 0 Å². The second-order valence-corrected chi connectivity index (χ2v) is 4.65. The summed E-state index contributed by atoms with van der Waals surface area (Å²) in [7, 11) is 3.51. The van der Waals surface area contributed by atoms with Gasteiger partial charge in [-0.3, -0.25) is 4.68 Å². The van der Waals surface area contributed by atoms with Gasteiger partial charge in [0.25, 0.3) is 0 Å². The molecule has 0 aliphatic heterocycles. The van der Waals surface area contributed by atoms with E-state index in [0.717, 1.165) is 22.6 Å². The van der Waals surface area contributed by atoms with Crippen LogP contribution in [0.1, 0.15) is 22.4 Å². The van der Waals surface area contributed by atoms with Gasteiger partial charge in [-0.2, -0.15) is 10.4 Å². The summed E-state index contributed by atoms with van der Waals surface area (Å²) in [6.45, 7) is 3.08. The Morgan fingerprint density at radius 2 is 2.15 bits per heavy atom. The molecule has 0 amide bonds. The van der Waals surface area contributed by atoms with E-state index in [1.54, 1.807) is 11.8 Å². The summed E-state index contributed by atoms with van der Waals surface area (Å²) >= 11 is 0. The first-order valence-corrected chi connectivity index (χ1v) is 6.40. The van der Waals surface area contributed by atoms with Gasteiger partial charge in [-0.15, -0.1) is 0 Å². The van der Waals surface area contributed by atoms with E-state index in [1.165, 1.54) is 0 Å². The molecule has 20 heavy (non-hydrogen) atoms. The monoisotopic (exact) mass is 270 g/mol. The molecule has 0 atom stereocenters. The standard InChI is InChI=1S/C15H18N4O/c1-11-14(8-16)15(19(2)18-11)17-9-12-5-4-6-13(7-12)10-20-3/h4-7,17H,9-10H2,1-3H3. The van der Waals surface area contributed by atoms with Crippen molar-refractivity contribution in [3.05, 3.63) is 46.6 Å². The summed E-state index contributed by atoms with van der Waals surface area (Å²) in [6, 6.07) is 10.4. The van der Waals surface area contributed by atoms with Gasteiger partial charge in [0.05, 0.1) is 12.3 Å². The first-order chi connectivity index (χ1) is 9.65. The number of aryl methyl sites for hydroxylation is 2. The minimum absolute atomic E-state index is 0.598. The maximum absolute atomic E-state index is 9.16. The molecule has 0 unspecified atom stereocenters. The van der Waals surface area contributed by atoms with Gasteiger partial charge in [0.2, 0.25) is 0 Å². The average molecular weight is 270 g/mol. The molecule has 104 valence electrons. The van der Waals surface area contributed by atoms with Crippen molar-refractivity contribution in [2.75, 3.05) is 12.4 Å². The maximum Gasteiger partial charge on any atom is 0.142 e. The summed E-state index contributed by atoms with van der Waals surface area (Å²) < 4.78 is 6.83. The smallest absolute Gasteiger partial charge is 0.142 e. The summed E-state index contributed by atoms with van der Waals surface area (Å²) in [4.78, 5) is 0. The van der Waals surface area contributed by atoms with Crippen molar-refractivity contribution in [2.45, 2.75) is 20.1 Å². The molecule has 2 rings (SSSR count). The Hall–Kier alpha value is -2.32. The van der Waals surface area contributed by atoms with E-state index in [0.29, 0.717) is 18.7 Å². The third-order valence-corrected chi connectivity index (χ3v) is 3.10. The first-order valence-electron chi connectivity index (χ1n) is 6.40. The van der Waals surface area contributed by atoms with Crippen molar-refractivity contribution in [1.82, 2.24) is 9.78 Å². The van der Waals surface area contributed by atoms with E-state index < -0.39 is 0 Å². The fourth-order valence-electron chi connectivity index (χ4n) is 2.18. The Morgan fingerprint density at radius 1 is 1.40 bits per heavy atom. The fraction of sp³-hybridized carbons (Fsp3) is 0.333. The van der Waals surface area contributed by atoms with Crippen LogP contribution in [-0.4, -0.2) is 16.9 Å². The minimum atomic E-state index is 0.598. The molecule has 0 spiro atoms. The molecular formula is C15H18N4O. The van der Waals surface area contributed by atoms with Gasteiger partial charge in [0, 0.05) is 20.7 Å². The summed E-state index contributed by atoms with van der Waals surface area (Å²) in [5.74, 6) is 0.752. The molecule has 0 aliphatic rings. The van der Waals surface area contributed by atoms with Crippen LogP contribution in [-0.2, 0) is 24.9 Å². The van der Waals surface area contributed by atoms with E-state index in [-0.39, 0.29) is 0 Å². The average Bonchev–Trinajstić information content (AvgIpc) is 2.71. The predicted octanol–water partition coefficient (Wildman–Crippen LogP) is 2.36. The summed E-state index contributed by atoms with van der Waals surface area (Å²) in [5.41, 5.74) is 3.61. The lowest BCUT2D eigenvalue weighted by Gasteiger charge is -2.08. The highest BCUT2D eigenvalue weighted by Crippen LogP contribution is 2.18. The molecule has 1 heterocycles. The van der Waals surface area contributed by atoms with Crippen LogP contribution in [0.3, 0.4) is 0 Å². The fourth-order valence-corrected chi connectivity index (χ4v) is 2.18. The van der Waals surface area contributed by atoms with Gasteiger partial charge in [-0.05, 0) is 18.1 Å². The SMILES string of the molecule is COCc1cccc(CNc2c(C#N)c(C)nn2C)c1. The number of hydrogen-bond acceptors (Lipinski definition) is 4. The van der Waals surface area contributed by atoms with Crippen molar-refractivity contribution in [2.24, 2.45) is 7.05 Å². The normalized spacial score (nSPS) is 10.3. The Balaban J connectivity index is 2.13. The molecule has 1 N–H and O–H groups in total. The molecule has 0 fully saturated rings. The molecule has 1 aromatic heterocycles. The minimum Gasteiger partial charge on any atom is -0.380 e. The number of anilines is 1. The van der Waals surface area contributed by atoms with Gasteiger partial charge in [-0.1, -0.05) is 24.3 Å². The largest absolute Gasteiger partial charge is 0.380 e. The third kappa shape index (κ3) is 2.98. The van der Waals surface area contributed by atoms with Crippen LogP contribution >= 0.6 is 0 Å². The molecular weight excluding hydrogens is 252 g/mol. The third-order valence-electron chi connectivity index (χ3n) is 3.10. The molecule has 0 radical (unpaired) electrons. The summed E-state index contributed by atoms with van der Waals surface area (Å²) in [5, 5.41) is 16.7. The van der Waals surface area contributed by atoms with Crippen molar-refractivity contribution in [1.29, 1.82) is 5.26 Å². The highest BCUT2D eigenvalue weighted by Gasteiger charge is 2.12. The molecule has 5 nitrogen and oxygen atoms in total. The van der Waals surface area contributed by atoms with Gasteiger partial charge in [0.15, 0.2) is 0 Å². The van der Waals surface area contributed by atoms with Gasteiger partial charge >= 0.3 is 0 Å². The highest BCUT2D eigenvalue weighted by atomic mass is 16.5. The zero-order chi connectivity index (χ0) is 14.5. The van der Waals surface area contributed by atoms with Gasteiger partial charge in [-0.25, -0.2) is 0 Å². The molecule has 0 saturated carbocycles. The molecule has 0 bridgehead atoms. The molecule has 0 saturated heterocycles. The van der Waals surface area contributed by atoms with Crippen molar-refractivity contribution in [3.63, 3.8) is 0 Å². The second kappa shape index (κ2) is 6.22. The first kappa shape index (κ1) is 14.1. The van der Waals surface area contributed by atoms with E-state index >= 15 is 0 Å². The van der Waals surface area contributed by atoms with Crippen molar-refractivity contribution < 1.29 is 4.74 Å². The summed E-state index contributed by atoms with van der Waals surface area (Å²) in [6.07, 6.45) is 0. The Kier molecular flexibility index (Phi) is 4.38. The second-order valence-electron chi connectivity index (χ2n) is 4.65. The van der Waals surface area contributed by atoms with Crippen LogP contribution in [0, 0.1) is 18.3 Å². The lowest BCUT2D eigenvalue weighted by molar-refractivity contribution is 0.185.